The van der Waals surface area contributed by atoms with Gasteiger partial charge in [-0.3, -0.25) is 0 Å². The molecule has 3 heteroatoms. The van der Waals surface area contributed by atoms with Gasteiger partial charge in [-0.1, -0.05) is 13.8 Å². The van der Waals surface area contributed by atoms with E-state index in [4.69, 9.17) is 0 Å². The Morgan fingerprint density at radius 3 is 2.62 bits per heavy atom. The van der Waals surface area contributed by atoms with Crippen molar-refractivity contribution in [1.29, 1.82) is 0 Å². The molecule has 16 heavy (non-hydrogen) atoms. The summed E-state index contributed by atoms with van der Waals surface area (Å²) in [4.78, 5) is 2.81. The lowest BCUT2D eigenvalue weighted by atomic mass is 9.92. The standard InChI is InChI=1S/C13H20BrNS/c1-9(2)13(4-5-13)8-15-7-11-6-12(14)10(3)16-11/h6,9,15H,4-5,7-8H2,1-3H3. The van der Waals surface area contributed by atoms with Gasteiger partial charge in [0.15, 0.2) is 0 Å². The van der Waals surface area contributed by atoms with Gasteiger partial charge < -0.3 is 5.32 Å². The molecule has 0 bridgehead atoms. The molecule has 0 amide bonds. The van der Waals surface area contributed by atoms with Crippen molar-refractivity contribution in [3.05, 3.63) is 20.3 Å². The van der Waals surface area contributed by atoms with Gasteiger partial charge in [0.2, 0.25) is 0 Å². The van der Waals surface area contributed by atoms with Crippen LogP contribution in [-0.4, -0.2) is 6.54 Å². The second-order valence-electron chi connectivity index (χ2n) is 5.24. The first-order chi connectivity index (χ1) is 7.53. The number of aryl methyl sites for hydroxylation is 1. The number of halogens is 1. The molecule has 1 aliphatic carbocycles. The predicted molar refractivity (Wildman–Crippen MR) is 75.0 cm³/mol. The van der Waals surface area contributed by atoms with E-state index in [1.165, 1.54) is 33.6 Å². The fourth-order valence-corrected chi connectivity index (χ4v) is 3.73. The molecule has 1 aliphatic rings. The molecule has 0 aromatic carbocycles. The predicted octanol–water partition coefficient (Wildman–Crippen LogP) is 4.34. The second kappa shape index (κ2) is 4.79. The summed E-state index contributed by atoms with van der Waals surface area (Å²) in [6.07, 6.45) is 2.82. The van der Waals surface area contributed by atoms with Crippen LogP contribution in [0.3, 0.4) is 0 Å². The first-order valence-corrected chi connectivity index (χ1v) is 7.60. The van der Waals surface area contributed by atoms with E-state index in [2.05, 4.69) is 48.1 Å². The normalized spacial score (nSPS) is 18.1. The molecule has 1 N–H and O–H groups in total. The van der Waals surface area contributed by atoms with Gasteiger partial charge in [0.05, 0.1) is 0 Å². The van der Waals surface area contributed by atoms with Gasteiger partial charge in [-0.05, 0) is 53.1 Å². The molecular weight excluding hydrogens is 282 g/mol. The summed E-state index contributed by atoms with van der Waals surface area (Å²) in [6.45, 7) is 9.06. The molecule has 2 rings (SSSR count). The third-order valence-corrected chi connectivity index (χ3v) is 5.94. The Labute approximate surface area is 111 Å². The maximum Gasteiger partial charge on any atom is 0.0314 e. The number of rotatable bonds is 5. The van der Waals surface area contributed by atoms with E-state index in [1.54, 1.807) is 0 Å². The lowest BCUT2D eigenvalue weighted by Gasteiger charge is -2.19. The molecule has 1 nitrogen and oxygen atoms in total. The van der Waals surface area contributed by atoms with E-state index < -0.39 is 0 Å². The van der Waals surface area contributed by atoms with Crippen molar-refractivity contribution in [2.24, 2.45) is 11.3 Å². The minimum absolute atomic E-state index is 0.615. The zero-order valence-electron chi connectivity index (χ0n) is 10.3. The van der Waals surface area contributed by atoms with Crippen molar-refractivity contribution in [1.82, 2.24) is 5.32 Å². The van der Waals surface area contributed by atoms with Crippen molar-refractivity contribution in [2.45, 2.75) is 40.2 Å². The SMILES string of the molecule is Cc1sc(CNCC2(C(C)C)CC2)cc1Br. The molecule has 0 unspecified atom stereocenters. The van der Waals surface area contributed by atoms with Crippen LogP contribution in [-0.2, 0) is 6.54 Å². The van der Waals surface area contributed by atoms with E-state index in [0.29, 0.717) is 5.41 Å². The summed E-state index contributed by atoms with van der Waals surface area (Å²) in [7, 11) is 0. The lowest BCUT2D eigenvalue weighted by Crippen LogP contribution is -2.26. The third-order valence-electron chi connectivity index (χ3n) is 3.80. The highest BCUT2D eigenvalue weighted by Crippen LogP contribution is 2.51. The topological polar surface area (TPSA) is 12.0 Å². The van der Waals surface area contributed by atoms with Crippen LogP contribution in [0.25, 0.3) is 0 Å². The Kier molecular flexibility index (Phi) is 3.77. The minimum atomic E-state index is 0.615. The summed E-state index contributed by atoms with van der Waals surface area (Å²) >= 11 is 5.45. The smallest absolute Gasteiger partial charge is 0.0314 e. The van der Waals surface area contributed by atoms with Gasteiger partial charge >= 0.3 is 0 Å². The number of nitrogens with one attached hydrogen (secondary N) is 1. The molecule has 0 spiro atoms. The molecule has 0 radical (unpaired) electrons. The second-order valence-corrected chi connectivity index (χ2v) is 7.43. The van der Waals surface area contributed by atoms with E-state index in [-0.39, 0.29) is 0 Å². The van der Waals surface area contributed by atoms with Crippen LogP contribution < -0.4 is 5.32 Å². The highest BCUT2D eigenvalue weighted by molar-refractivity contribution is 9.10. The van der Waals surface area contributed by atoms with Crippen molar-refractivity contribution < 1.29 is 0 Å². The molecule has 0 atom stereocenters. The van der Waals surface area contributed by atoms with Gasteiger partial charge in [-0.25, -0.2) is 0 Å². The fourth-order valence-electron chi connectivity index (χ4n) is 2.16. The van der Waals surface area contributed by atoms with Gasteiger partial charge in [0.1, 0.15) is 0 Å². The van der Waals surface area contributed by atoms with E-state index in [9.17, 15) is 0 Å². The van der Waals surface area contributed by atoms with Crippen LogP contribution in [0.1, 0.15) is 36.4 Å². The summed E-state index contributed by atoms with van der Waals surface area (Å²) in [5, 5.41) is 3.62. The van der Waals surface area contributed by atoms with Crippen molar-refractivity contribution in [3.8, 4) is 0 Å². The molecule has 1 saturated carbocycles. The highest BCUT2D eigenvalue weighted by Gasteiger charge is 2.44. The molecular formula is C13H20BrNS. The average molecular weight is 302 g/mol. The molecule has 1 aromatic rings. The molecule has 1 aromatic heterocycles. The van der Waals surface area contributed by atoms with Gasteiger partial charge in [0.25, 0.3) is 0 Å². The van der Waals surface area contributed by atoms with Crippen molar-refractivity contribution in [3.63, 3.8) is 0 Å². The Balaban J connectivity index is 1.80. The monoisotopic (exact) mass is 301 g/mol. The zero-order chi connectivity index (χ0) is 11.8. The maximum atomic E-state index is 3.62. The first-order valence-electron chi connectivity index (χ1n) is 5.99. The molecule has 1 fully saturated rings. The van der Waals surface area contributed by atoms with E-state index in [0.717, 1.165) is 12.5 Å². The zero-order valence-corrected chi connectivity index (χ0v) is 12.7. The average Bonchev–Trinajstić information content (AvgIpc) is 2.92. The van der Waals surface area contributed by atoms with Crippen LogP contribution in [0, 0.1) is 18.3 Å². The van der Waals surface area contributed by atoms with Gasteiger partial charge in [-0.15, -0.1) is 11.3 Å². The number of thiophene rings is 1. The molecule has 0 saturated heterocycles. The minimum Gasteiger partial charge on any atom is -0.311 e. The first kappa shape index (κ1) is 12.6. The quantitative estimate of drug-likeness (QED) is 0.853. The summed E-state index contributed by atoms with van der Waals surface area (Å²) in [6, 6.07) is 2.24. The Bertz CT molecular complexity index is 347. The number of hydrogen-bond acceptors (Lipinski definition) is 2. The van der Waals surface area contributed by atoms with Crippen LogP contribution >= 0.6 is 27.3 Å². The Morgan fingerprint density at radius 2 is 2.19 bits per heavy atom. The Morgan fingerprint density at radius 1 is 1.50 bits per heavy atom. The van der Waals surface area contributed by atoms with Crippen molar-refractivity contribution in [2.75, 3.05) is 6.54 Å². The largest absolute Gasteiger partial charge is 0.311 e. The van der Waals surface area contributed by atoms with Crippen LogP contribution in [0.2, 0.25) is 0 Å². The van der Waals surface area contributed by atoms with Gasteiger partial charge in [-0.2, -0.15) is 0 Å². The van der Waals surface area contributed by atoms with Crippen molar-refractivity contribution >= 4 is 27.3 Å². The Hall–Kier alpha value is 0.140. The van der Waals surface area contributed by atoms with E-state index >= 15 is 0 Å². The van der Waals surface area contributed by atoms with E-state index in [1.807, 2.05) is 11.3 Å². The summed E-state index contributed by atoms with van der Waals surface area (Å²) < 4.78 is 1.25. The maximum absolute atomic E-state index is 3.62. The summed E-state index contributed by atoms with van der Waals surface area (Å²) in [5.74, 6) is 0.816. The van der Waals surface area contributed by atoms with Crippen LogP contribution in [0.4, 0.5) is 0 Å². The van der Waals surface area contributed by atoms with Gasteiger partial charge in [0, 0.05) is 27.3 Å². The molecule has 1 heterocycles. The highest BCUT2D eigenvalue weighted by atomic mass is 79.9. The third kappa shape index (κ3) is 2.69. The van der Waals surface area contributed by atoms with Crippen LogP contribution in [0.5, 0.6) is 0 Å². The lowest BCUT2D eigenvalue weighted by molar-refractivity contribution is 0.338. The molecule has 90 valence electrons. The van der Waals surface area contributed by atoms with Crippen LogP contribution in [0.15, 0.2) is 10.5 Å². The molecule has 0 aliphatic heterocycles. The number of hydrogen-bond donors (Lipinski definition) is 1. The fraction of sp³-hybridized carbons (Fsp3) is 0.692. The summed E-state index contributed by atoms with van der Waals surface area (Å²) in [5.41, 5.74) is 0.615.